The molecule has 128 valence electrons. The Morgan fingerprint density at radius 2 is 1.81 bits per heavy atom. The van der Waals surface area contributed by atoms with E-state index in [1.807, 2.05) is 6.07 Å². The molecule has 2 aliphatic rings. The molecule has 2 aromatic carbocycles. The van der Waals surface area contributed by atoms with Gasteiger partial charge < -0.3 is 14.3 Å². The molecule has 1 aliphatic carbocycles. The molecule has 0 spiro atoms. The average molecular weight is 345 g/mol. The van der Waals surface area contributed by atoms with Crippen molar-refractivity contribution >= 4 is 16.9 Å². The number of hydrogen-bond donors (Lipinski definition) is 0. The van der Waals surface area contributed by atoms with Gasteiger partial charge in [-0.05, 0) is 29.8 Å². The number of ether oxygens (including phenoxy) is 1. The Balaban J connectivity index is 2.18. The molecule has 0 atom stereocenters. The molecular weight excluding hydrogens is 332 g/mol. The summed E-state index contributed by atoms with van der Waals surface area (Å²) in [6.07, 6.45) is 0. The summed E-state index contributed by atoms with van der Waals surface area (Å²) >= 11 is 0. The normalized spacial score (nSPS) is 11.0. The lowest BCUT2D eigenvalue weighted by atomic mass is 9.91. The maximum Gasteiger partial charge on any atom is 0.338 e. The average Bonchev–Trinajstić information content (AvgIpc) is 2.65. The number of methoxy groups -OCH3 is 1. The van der Waals surface area contributed by atoms with Gasteiger partial charge in [0, 0.05) is 22.6 Å². The fourth-order valence-electron chi connectivity index (χ4n) is 3.13. The Labute approximate surface area is 148 Å². The Morgan fingerprint density at radius 3 is 2.62 bits per heavy atom. The van der Waals surface area contributed by atoms with Crippen LogP contribution < -0.4 is 10.5 Å². The molecule has 0 bridgehead atoms. The number of carbonyl (C=O) groups excluding carboxylic acids is 1. The van der Waals surface area contributed by atoms with E-state index in [-0.39, 0.29) is 11.2 Å². The van der Waals surface area contributed by atoms with Crippen LogP contribution in [0.5, 0.6) is 5.75 Å². The van der Waals surface area contributed by atoms with E-state index in [1.54, 1.807) is 30.3 Å². The largest absolute Gasteiger partial charge is 0.872 e. The summed E-state index contributed by atoms with van der Waals surface area (Å²) in [5.74, 6) is -0.320. The van der Waals surface area contributed by atoms with E-state index in [4.69, 9.17) is 9.15 Å². The molecule has 0 saturated heterocycles. The number of benzene rings is 3. The molecule has 0 amide bonds. The molecule has 2 aromatic rings. The maximum absolute atomic E-state index is 12.2. The first-order valence-corrected chi connectivity index (χ1v) is 7.94. The van der Waals surface area contributed by atoms with Gasteiger partial charge in [0.05, 0.1) is 12.7 Å². The third-order valence-electron chi connectivity index (χ3n) is 4.27. The molecule has 0 fully saturated rings. The lowest BCUT2D eigenvalue weighted by Gasteiger charge is -2.18. The highest BCUT2D eigenvalue weighted by molar-refractivity contribution is 6.07. The predicted octanol–water partition coefficient (Wildman–Crippen LogP) is 3.43. The third kappa shape index (κ3) is 2.50. The second-order valence-corrected chi connectivity index (χ2v) is 5.83. The fraction of sp³-hybridized carbons (Fsp3) is 0.0476. The van der Waals surface area contributed by atoms with Crippen LogP contribution in [0.1, 0.15) is 10.4 Å². The van der Waals surface area contributed by atoms with Crippen molar-refractivity contribution in [3.63, 3.8) is 0 Å². The van der Waals surface area contributed by atoms with Gasteiger partial charge in [-0.1, -0.05) is 30.3 Å². The van der Waals surface area contributed by atoms with Crippen molar-refractivity contribution in [3.05, 3.63) is 76.5 Å². The molecule has 1 heterocycles. The number of carbonyl (C=O) groups is 1. The van der Waals surface area contributed by atoms with Gasteiger partial charge >= 0.3 is 5.97 Å². The van der Waals surface area contributed by atoms with Crippen molar-refractivity contribution in [3.8, 4) is 28.2 Å². The van der Waals surface area contributed by atoms with Crippen molar-refractivity contribution in [1.82, 2.24) is 0 Å². The van der Waals surface area contributed by atoms with Crippen LogP contribution in [0, 0.1) is 0 Å². The maximum atomic E-state index is 12.2. The summed E-state index contributed by atoms with van der Waals surface area (Å²) in [6.45, 7) is 0. The first-order chi connectivity index (χ1) is 12.6. The molecule has 0 aromatic heterocycles. The van der Waals surface area contributed by atoms with Crippen molar-refractivity contribution in [1.29, 1.82) is 0 Å². The summed E-state index contributed by atoms with van der Waals surface area (Å²) in [5, 5.41) is 12.4. The minimum Gasteiger partial charge on any atom is -0.872 e. The van der Waals surface area contributed by atoms with Gasteiger partial charge in [0.15, 0.2) is 5.43 Å². The van der Waals surface area contributed by atoms with Gasteiger partial charge in [-0.15, -0.1) is 5.75 Å². The summed E-state index contributed by atoms with van der Waals surface area (Å²) in [7, 11) is 1.32. The molecule has 4 rings (SSSR count). The van der Waals surface area contributed by atoms with Crippen molar-refractivity contribution < 1.29 is 19.1 Å². The number of fused-ring (bicyclic) bond motifs is 2. The van der Waals surface area contributed by atoms with Crippen molar-refractivity contribution in [2.45, 2.75) is 0 Å². The van der Waals surface area contributed by atoms with Gasteiger partial charge in [0.25, 0.3) is 0 Å². The highest BCUT2D eigenvalue weighted by Crippen LogP contribution is 2.41. The quantitative estimate of drug-likeness (QED) is 0.411. The molecule has 26 heavy (non-hydrogen) atoms. The molecule has 0 radical (unpaired) electrons. The van der Waals surface area contributed by atoms with Crippen LogP contribution in [0.4, 0.5) is 0 Å². The minimum atomic E-state index is -0.469. The van der Waals surface area contributed by atoms with E-state index in [9.17, 15) is 14.7 Å². The van der Waals surface area contributed by atoms with Crippen LogP contribution in [-0.2, 0) is 4.74 Å². The van der Waals surface area contributed by atoms with Gasteiger partial charge in [-0.25, -0.2) is 4.79 Å². The number of hydrogen-bond acceptors (Lipinski definition) is 5. The Morgan fingerprint density at radius 1 is 1.00 bits per heavy atom. The molecule has 5 heteroatoms. The predicted molar refractivity (Wildman–Crippen MR) is 95.3 cm³/mol. The van der Waals surface area contributed by atoms with E-state index >= 15 is 0 Å². The zero-order chi connectivity index (χ0) is 18.3. The van der Waals surface area contributed by atoms with Crippen LogP contribution in [0.25, 0.3) is 33.4 Å². The number of esters is 1. The highest BCUT2D eigenvalue weighted by Gasteiger charge is 2.21. The molecule has 1 aliphatic heterocycles. The van der Waals surface area contributed by atoms with E-state index in [0.29, 0.717) is 39.0 Å². The molecule has 0 unspecified atom stereocenters. The van der Waals surface area contributed by atoms with Gasteiger partial charge in [-0.3, -0.25) is 4.79 Å². The zero-order valence-electron chi connectivity index (χ0n) is 13.8. The van der Waals surface area contributed by atoms with E-state index in [2.05, 4.69) is 0 Å². The summed E-state index contributed by atoms with van der Waals surface area (Å²) in [6, 6.07) is 16.0. The fourth-order valence-corrected chi connectivity index (χ4v) is 3.13. The first kappa shape index (κ1) is 15.9. The lowest BCUT2D eigenvalue weighted by molar-refractivity contribution is -0.268. The lowest BCUT2D eigenvalue weighted by Crippen LogP contribution is -2.05. The Hall–Kier alpha value is -3.60. The Bertz CT molecular complexity index is 1170. The SMILES string of the molecule is COC(=O)c1ccccc1-c1c2ccc(=O)cc-2oc2cc([O-])ccc12. The van der Waals surface area contributed by atoms with E-state index < -0.39 is 5.97 Å². The van der Waals surface area contributed by atoms with Gasteiger partial charge in [0.1, 0.15) is 11.3 Å². The highest BCUT2D eigenvalue weighted by atomic mass is 16.5. The molecule has 5 nitrogen and oxygen atoms in total. The number of rotatable bonds is 2. The summed E-state index contributed by atoms with van der Waals surface area (Å²) < 4.78 is 10.7. The summed E-state index contributed by atoms with van der Waals surface area (Å²) in [5.41, 5.74) is 2.56. The van der Waals surface area contributed by atoms with Crippen LogP contribution >= 0.6 is 0 Å². The zero-order valence-corrected chi connectivity index (χ0v) is 13.8. The topological polar surface area (TPSA) is 79.6 Å². The van der Waals surface area contributed by atoms with Crippen LogP contribution in [0.15, 0.2) is 69.9 Å². The molecule has 0 N–H and O–H groups in total. The monoisotopic (exact) mass is 345 g/mol. The molecular formula is C21H13O5-. The van der Waals surface area contributed by atoms with E-state index in [1.165, 1.54) is 31.4 Å². The molecule has 0 saturated carbocycles. The summed E-state index contributed by atoms with van der Waals surface area (Å²) in [4.78, 5) is 24.0. The van der Waals surface area contributed by atoms with Crippen molar-refractivity contribution in [2.75, 3.05) is 7.11 Å². The Kier molecular flexibility index (Phi) is 3.69. The van der Waals surface area contributed by atoms with Crippen LogP contribution in [0.2, 0.25) is 0 Å². The van der Waals surface area contributed by atoms with Crippen molar-refractivity contribution in [2.24, 2.45) is 0 Å². The van der Waals surface area contributed by atoms with Crippen LogP contribution in [0.3, 0.4) is 0 Å². The van der Waals surface area contributed by atoms with E-state index in [0.717, 1.165) is 0 Å². The minimum absolute atomic E-state index is 0.203. The van der Waals surface area contributed by atoms with Gasteiger partial charge in [-0.2, -0.15) is 0 Å². The standard InChI is InChI=1S/C21H14O5/c1-25-21(24)15-5-3-2-4-14(15)20-16-8-6-12(22)10-18(16)26-19-11-13(23)7-9-17(19)20/h2-11,22H,1H3/p-1. The second-order valence-electron chi connectivity index (χ2n) is 5.83. The second kappa shape index (κ2) is 6.04. The smallest absolute Gasteiger partial charge is 0.338 e. The third-order valence-corrected chi connectivity index (χ3v) is 4.27. The van der Waals surface area contributed by atoms with Crippen LogP contribution in [-0.4, -0.2) is 13.1 Å². The van der Waals surface area contributed by atoms with Gasteiger partial charge in [0.2, 0.25) is 0 Å². The first-order valence-electron chi connectivity index (χ1n) is 7.94.